The molecular weight excluding hydrogens is 330 g/mol. The third-order valence-corrected chi connectivity index (χ3v) is 3.52. The van der Waals surface area contributed by atoms with E-state index in [-0.39, 0.29) is 5.91 Å². The molecule has 2 amide bonds. The Morgan fingerprint density at radius 1 is 1.12 bits per heavy atom. The number of amides is 2. The van der Waals surface area contributed by atoms with Crippen LogP contribution in [0.4, 0.5) is 10.5 Å². The van der Waals surface area contributed by atoms with Gasteiger partial charge in [-0.3, -0.25) is 15.1 Å². The number of aromatic nitrogens is 1. The number of anilines is 1. The van der Waals surface area contributed by atoms with Crippen molar-refractivity contribution >= 4 is 17.7 Å². The Hall–Kier alpha value is -2.89. The van der Waals surface area contributed by atoms with Gasteiger partial charge in [-0.2, -0.15) is 0 Å². The summed E-state index contributed by atoms with van der Waals surface area (Å²) in [5, 5.41) is 2.67. The van der Waals surface area contributed by atoms with Crippen LogP contribution in [-0.4, -0.2) is 34.5 Å². The highest BCUT2D eigenvalue weighted by Crippen LogP contribution is 2.14. The molecule has 138 valence electrons. The van der Waals surface area contributed by atoms with Crippen LogP contribution in [0.1, 0.15) is 31.9 Å². The number of nitrogens with one attached hydrogen (secondary N) is 1. The van der Waals surface area contributed by atoms with Gasteiger partial charge >= 0.3 is 6.09 Å². The lowest BCUT2D eigenvalue weighted by Gasteiger charge is -2.20. The average molecular weight is 355 g/mol. The number of carbonyl (C=O) groups excluding carboxylic acids is 2. The summed E-state index contributed by atoms with van der Waals surface area (Å²) in [6, 6.07) is 10.9. The molecule has 1 aromatic carbocycles. The Kier molecular flexibility index (Phi) is 6.33. The summed E-state index contributed by atoms with van der Waals surface area (Å²) >= 11 is 0. The lowest BCUT2D eigenvalue weighted by Crippen LogP contribution is -2.28. The Morgan fingerprint density at radius 2 is 1.81 bits per heavy atom. The van der Waals surface area contributed by atoms with Crippen LogP contribution in [0.15, 0.2) is 48.8 Å². The summed E-state index contributed by atoms with van der Waals surface area (Å²) in [7, 11) is 1.77. The van der Waals surface area contributed by atoms with E-state index < -0.39 is 11.7 Å². The third-order valence-electron chi connectivity index (χ3n) is 3.52. The maximum atomic E-state index is 12.4. The van der Waals surface area contributed by atoms with Crippen molar-refractivity contribution in [2.75, 3.05) is 12.4 Å². The number of hydrogen-bond acceptors (Lipinski definition) is 4. The first-order valence-electron chi connectivity index (χ1n) is 8.45. The van der Waals surface area contributed by atoms with Gasteiger partial charge in [-0.25, -0.2) is 4.79 Å². The first kappa shape index (κ1) is 19.4. The van der Waals surface area contributed by atoms with Crippen LogP contribution in [0, 0.1) is 0 Å². The molecule has 0 saturated carbocycles. The molecule has 1 aromatic heterocycles. The summed E-state index contributed by atoms with van der Waals surface area (Å²) < 4.78 is 5.21. The van der Waals surface area contributed by atoms with Crippen molar-refractivity contribution in [3.8, 4) is 0 Å². The number of nitrogens with zero attached hydrogens (tertiary/aromatic N) is 2. The maximum Gasteiger partial charge on any atom is 0.412 e. The van der Waals surface area contributed by atoms with Crippen molar-refractivity contribution in [1.82, 2.24) is 9.88 Å². The molecule has 1 N–H and O–H groups in total. The zero-order valence-corrected chi connectivity index (χ0v) is 15.7. The minimum atomic E-state index is -0.546. The zero-order valence-electron chi connectivity index (χ0n) is 15.7. The van der Waals surface area contributed by atoms with Gasteiger partial charge in [0.2, 0.25) is 5.91 Å². The number of hydrogen-bond donors (Lipinski definition) is 1. The normalized spacial score (nSPS) is 10.9. The highest BCUT2D eigenvalue weighted by atomic mass is 16.6. The second-order valence-corrected chi connectivity index (χ2v) is 7.11. The van der Waals surface area contributed by atoms with Crippen LogP contribution >= 0.6 is 0 Å². The van der Waals surface area contributed by atoms with E-state index in [0.717, 1.165) is 11.1 Å². The van der Waals surface area contributed by atoms with Crippen molar-refractivity contribution < 1.29 is 14.3 Å². The SMILES string of the molecule is CN(Cc1cccnc1)C(=O)Cc1ccc(NC(=O)OC(C)(C)C)cc1. The molecule has 0 aliphatic heterocycles. The van der Waals surface area contributed by atoms with E-state index in [0.29, 0.717) is 18.7 Å². The van der Waals surface area contributed by atoms with Crippen LogP contribution in [0.25, 0.3) is 0 Å². The van der Waals surface area contributed by atoms with Gasteiger partial charge in [0.05, 0.1) is 6.42 Å². The van der Waals surface area contributed by atoms with Gasteiger partial charge in [0, 0.05) is 31.7 Å². The Morgan fingerprint density at radius 3 is 2.38 bits per heavy atom. The van der Waals surface area contributed by atoms with Crippen LogP contribution in [-0.2, 0) is 22.5 Å². The Balaban J connectivity index is 1.88. The Bertz CT molecular complexity index is 737. The van der Waals surface area contributed by atoms with Crippen LogP contribution in [0.2, 0.25) is 0 Å². The largest absolute Gasteiger partial charge is 0.444 e. The minimum Gasteiger partial charge on any atom is -0.444 e. The van der Waals surface area contributed by atoms with E-state index in [4.69, 9.17) is 4.74 Å². The summed E-state index contributed by atoms with van der Waals surface area (Å²) in [4.78, 5) is 29.8. The van der Waals surface area contributed by atoms with E-state index in [1.807, 2.05) is 45.0 Å². The molecule has 0 aliphatic rings. The second-order valence-electron chi connectivity index (χ2n) is 7.11. The fourth-order valence-electron chi connectivity index (χ4n) is 2.29. The first-order valence-corrected chi connectivity index (χ1v) is 8.45. The predicted octanol–water partition coefficient (Wildman–Crippen LogP) is 3.63. The fraction of sp³-hybridized carbons (Fsp3) is 0.350. The van der Waals surface area contributed by atoms with Crippen LogP contribution in [0.3, 0.4) is 0 Å². The Labute approximate surface area is 154 Å². The van der Waals surface area contributed by atoms with Crippen molar-refractivity contribution in [3.05, 3.63) is 59.9 Å². The van der Waals surface area contributed by atoms with Crippen molar-refractivity contribution in [2.45, 2.75) is 39.3 Å². The van der Waals surface area contributed by atoms with Gasteiger partial charge in [-0.15, -0.1) is 0 Å². The molecule has 0 spiro atoms. The van der Waals surface area contributed by atoms with Gasteiger partial charge in [-0.1, -0.05) is 18.2 Å². The average Bonchev–Trinajstić information content (AvgIpc) is 2.55. The van der Waals surface area contributed by atoms with E-state index in [1.165, 1.54) is 0 Å². The van der Waals surface area contributed by atoms with E-state index in [2.05, 4.69) is 10.3 Å². The number of carbonyl (C=O) groups is 2. The van der Waals surface area contributed by atoms with Crippen LogP contribution < -0.4 is 5.32 Å². The molecule has 1 heterocycles. The molecule has 26 heavy (non-hydrogen) atoms. The number of benzene rings is 1. The number of ether oxygens (including phenoxy) is 1. The minimum absolute atomic E-state index is 0.0155. The van der Waals surface area contributed by atoms with Crippen LogP contribution in [0.5, 0.6) is 0 Å². The van der Waals surface area contributed by atoms with E-state index in [9.17, 15) is 9.59 Å². The molecule has 6 nitrogen and oxygen atoms in total. The molecule has 0 atom stereocenters. The lowest BCUT2D eigenvalue weighted by molar-refractivity contribution is -0.129. The third kappa shape index (κ3) is 6.55. The number of pyridine rings is 1. The maximum absolute atomic E-state index is 12.4. The van der Waals surface area contributed by atoms with Crippen molar-refractivity contribution in [1.29, 1.82) is 0 Å². The quantitative estimate of drug-likeness (QED) is 0.889. The first-order chi connectivity index (χ1) is 12.2. The highest BCUT2D eigenvalue weighted by Gasteiger charge is 2.16. The van der Waals surface area contributed by atoms with Crippen molar-refractivity contribution in [2.24, 2.45) is 0 Å². The molecular formula is C20H25N3O3. The summed E-state index contributed by atoms with van der Waals surface area (Å²) in [5.41, 5.74) is 1.94. The monoisotopic (exact) mass is 355 g/mol. The summed E-state index contributed by atoms with van der Waals surface area (Å²) in [5.74, 6) is 0.0155. The lowest BCUT2D eigenvalue weighted by atomic mass is 10.1. The standard InChI is InChI=1S/C20H25N3O3/c1-20(2,3)26-19(25)22-17-9-7-15(8-10-17)12-18(24)23(4)14-16-6-5-11-21-13-16/h5-11,13H,12,14H2,1-4H3,(H,22,25). The van der Waals surface area contributed by atoms with Gasteiger partial charge in [-0.05, 0) is 50.1 Å². The molecule has 0 unspecified atom stereocenters. The molecule has 0 radical (unpaired) electrons. The topological polar surface area (TPSA) is 71.5 Å². The van der Waals surface area contributed by atoms with E-state index in [1.54, 1.807) is 36.5 Å². The van der Waals surface area contributed by atoms with Gasteiger partial charge < -0.3 is 9.64 Å². The summed E-state index contributed by atoms with van der Waals surface area (Å²) in [6.45, 7) is 5.95. The molecule has 0 saturated heterocycles. The molecule has 0 aliphatic carbocycles. The van der Waals surface area contributed by atoms with Crippen molar-refractivity contribution in [3.63, 3.8) is 0 Å². The fourth-order valence-corrected chi connectivity index (χ4v) is 2.29. The smallest absolute Gasteiger partial charge is 0.412 e. The zero-order chi connectivity index (χ0) is 19.2. The van der Waals surface area contributed by atoms with Gasteiger partial charge in [0.1, 0.15) is 5.60 Å². The van der Waals surface area contributed by atoms with Gasteiger partial charge in [0.25, 0.3) is 0 Å². The molecule has 2 aromatic rings. The summed E-state index contributed by atoms with van der Waals surface area (Å²) in [6.07, 6.45) is 3.25. The molecule has 0 bridgehead atoms. The highest BCUT2D eigenvalue weighted by molar-refractivity contribution is 5.85. The second kappa shape index (κ2) is 8.47. The number of likely N-dealkylation sites (N-methyl/N-ethyl adjacent to an activating group) is 1. The molecule has 0 fully saturated rings. The molecule has 6 heteroatoms. The molecule has 2 rings (SSSR count). The predicted molar refractivity (Wildman–Crippen MR) is 101 cm³/mol. The van der Waals surface area contributed by atoms with E-state index >= 15 is 0 Å². The number of rotatable bonds is 5. The van der Waals surface area contributed by atoms with Gasteiger partial charge in [0.15, 0.2) is 0 Å².